The predicted octanol–water partition coefficient (Wildman–Crippen LogP) is 2.30. The number of aromatic nitrogens is 2. The minimum absolute atomic E-state index is 0.543. The molecule has 2 rings (SSSR count). The van der Waals surface area contributed by atoms with Crippen molar-refractivity contribution >= 4 is 15.9 Å². The van der Waals surface area contributed by atoms with Crippen LogP contribution >= 0.6 is 15.9 Å². The van der Waals surface area contributed by atoms with Gasteiger partial charge in [-0.1, -0.05) is 0 Å². The van der Waals surface area contributed by atoms with E-state index in [2.05, 4.69) is 44.5 Å². The lowest BCUT2D eigenvalue weighted by Gasteiger charge is -2.20. The molecule has 3 nitrogen and oxygen atoms in total. The van der Waals surface area contributed by atoms with Gasteiger partial charge in [0.15, 0.2) is 0 Å². The molecule has 0 radical (unpaired) electrons. The lowest BCUT2D eigenvalue weighted by atomic mass is 10.3. The maximum atomic E-state index is 4.33. The molecule has 1 aliphatic heterocycles. The molecule has 0 aliphatic carbocycles. The lowest BCUT2D eigenvalue weighted by molar-refractivity contribution is 0.262. The van der Waals surface area contributed by atoms with Crippen molar-refractivity contribution in [1.82, 2.24) is 14.7 Å². The number of likely N-dealkylation sites (tertiary alicyclic amines) is 1. The van der Waals surface area contributed by atoms with Crippen LogP contribution in [0.15, 0.2) is 16.9 Å². The monoisotopic (exact) mass is 257 g/mol. The van der Waals surface area contributed by atoms with Crippen LogP contribution in [0.4, 0.5) is 0 Å². The van der Waals surface area contributed by atoms with E-state index in [-0.39, 0.29) is 0 Å². The highest BCUT2D eigenvalue weighted by Gasteiger charge is 2.26. The van der Waals surface area contributed by atoms with E-state index in [1.54, 1.807) is 0 Å². The zero-order valence-corrected chi connectivity index (χ0v) is 10.2. The Kier molecular flexibility index (Phi) is 2.93. The van der Waals surface area contributed by atoms with Gasteiger partial charge in [0.1, 0.15) is 4.60 Å². The average Bonchev–Trinajstić information content (AvgIpc) is 2.71. The highest BCUT2D eigenvalue weighted by atomic mass is 79.9. The molecule has 4 heteroatoms. The third-order valence-electron chi connectivity index (χ3n) is 2.89. The van der Waals surface area contributed by atoms with E-state index in [1.165, 1.54) is 13.0 Å². The summed E-state index contributed by atoms with van der Waals surface area (Å²) >= 11 is 3.52. The Hall–Kier alpha value is -0.350. The second kappa shape index (κ2) is 4.03. The third-order valence-corrected chi connectivity index (χ3v) is 3.52. The van der Waals surface area contributed by atoms with Crippen LogP contribution in [-0.2, 0) is 0 Å². The molecule has 1 atom stereocenters. The minimum Gasteiger partial charge on any atom is -0.299 e. The van der Waals surface area contributed by atoms with Crippen molar-refractivity contribution in [3.8, 4) is 0 Å². The van der Waals surface area contributed by atoms with Gasteiger partial charge >= 0.3 is 0 Å². The maximum absolute atomic E-state index is 4.33. The first-order valence-corrected chi connectivity index (χ1v) is 5.91. The van der Waals surface area contributed by atoms with Gasteiger partial charge in [-0.2, -0.15) is 5.10 Å². The number of halogens is 1. The van der Waals surface area contributed by atoms with Crippen molar-refractivity contribution in [2.45, 2.75) is 32.4 Å². The van der Waals surface area contributed by atoms with Crippen molar-refractivity contribution in [1.29, 1.82) is 0 Å². The summed E-state index contributed by atoms with van der Waals surface area (Å²) in [4.78, 5) is 2.50. The molecule has 1 aromatic rings. The van der Waals surface area contributed by atoms with Crippen molar-refractivity contribution in [3.63, 3.8) is 0 Å². The van der Waals surface area contributed by atoms with Crippen LogP contribution in [0.1, 0.15) is 26.3 Å². The Balaban J connectivity index is 2.06. The average molecular weight is 258 g/mol. The topological polar surface area (TPSA) is 21.1 Å². The Labute approximate surface area is 93.2 Å². The van der Waals surface area contributed by atoms with Crippen LogP contribution in [0, 0.1) is 0 Å². The van der Waals surface area contributed by atoms with Crippen molar-refractivity contribution < 1.29 is 0 Å². The van der Waals surface area contributed by atoms with Crippen molar-refractivity contribution in [2.75, 3.05) is 13.1 Å². The molecule has 0 saturated carbocycles. The second-order valence-corrected chi connectivity index (χ2v) is 4.94. The van der Waals surface area contributed by atoms with Crippen LogP contribution in [-0.4, -0.2) is 33.8 Å². The van der Waals surface area contributed by atoms with Crippen LogP contribution in [0.2, 0.25) is 0 Å². The van der Waals surface area contributed by atoms with E-state index in [4.69, 9.17) is 0 Å². The number of hydrogen-bond donors (Lipinski definition) is 0. The third kappa shape index (κ3) is 1.86. The van der Waals surface area contributed by atoms with Gasteiger partial charge in [0.05, 0.1) is 12.2 Å². The fourth-order valence-electron chi connectivity index (χ4n) is 2.00. The molecule has 1 fully saturated rings. The molecular weight excluding hydrogens is 242 g/mol. The van der Waals surface area contributed by atoms with E-state index < -0.39 is 0 Å². The van der Waals surface area contributed by atoms with E-state index in [0.29, 0.717) is 12.1 Å². The van der Waals surface area contributed by atoms with Gasteiger partial charge in [-0.15, -0.1) is 0 Å². The largest absolute Gasteiger partial charge is 0.299 e. The zero-order valence-electron chi connectivity index (χ0n) is 8.65. The Morgan fingerprint density at radius 1 is 1.57 bits per heavy atom. The minimum atomic E-state index is 0.543. The first kappa shape index (κ1) is 10.2. The molecule has 78 valence electrons. The van der Waals surface area contributed by atoms with Crippen LogP contribution < -0.4 is 0 Å². The molecule has 14 heavy (non-hydrogen) atoms. The lowest BCUT2D eigenvalue weighted by Crippen LogP contribution is -2.28. The first-order chi connectivity index (χ1) is 6.68. The van der Waals surface area contributed by atoms with E-state index in [0.717, 1.165) is 11.1 Å². The second-order valence-electron chi connectivity index (χ2n) is 4.13. The summed E-state index contributed by atoms with van der Waals surface area (Å²) in [7, 11) is 0. The molecule has 0 amide bonds. The molecule has 1 aromatic heterocycles. The summed E-state index contributed by atoms with van der Waals surface area (Å²) in [5.74, 6) is 0. The van der Waals surface area contributed by atoms with Gasteiger partial charge in [-0.05, 0) is 42.3 Å². The van der Waals surface area contributed by atoms with E-state index in [9.17, 15) is 0 Å². The van der Waals surface area contributed by atoms with Gasteiger partial charge < -0.3 is 0 Å². The maximum Gasteiger partial charge on any atom is 0.104 e. The zero-order chi connectivity index (χ0) is 10.1. The number of nitrogens with zero attached hydrogens (tertiary/aromatic N) is 3. The molecule has 1 saturated heterocycles. The van der Waals surface area contributed by atoms with Gasteiger partial charge in [0.25, 0.3) is 0 Å². The van der Waals surface area contributed by atoms with Crippen LogP contribution in [0.25, 0.3) is 0 Å². The van der Waals surface area contributed by atoms with Crippen LogP contribution in [0.5, 0.6) is 0 Å². The summed E-state index contributed by atoms with van der Waals surface area (Å²) in [6.45, 7) is 6.81. The summed E-state index contributed by atoms with van der Waals surface area (Å²) in [5.41, 5.74) is 0. The highest BCUT2D eigenvalue weighted by Crippen LogP contribution is 2.25. The van der Waals surface area contributed by atoms with E-state index >= 15 is 0 Å². The number of rotatable bonds is 2. The summed E-state index contributed by atoms with van der Waals surface area (Å²) < 4.78 is 3.18. The highest BCUT2D eigenvalue weighted by molar-refractivity contribution is 9.10. The summed E-state index contributed by atoms with van der Waals surface area (Å²) in [5, 5.41) is 4.33. The standard InChI is InChI=1S/C10H16BrN3/c1-8(2)13-6-4-9(7-13)14-10(11)3-5-12-14/h3,5,8-9H,4,6-7H2,1-2H3. The van der Waals surface area contributed by atoms with Crippen molar-refractivity contribution in [2.24, 2.45) is 0 Å². The van der Waals surface area contributed by atoms with E-state index in [1.807, 2.05) is 12.3 Å². The molecule has 1 unspecified atom stereocenters. The first-order valence-electron chi connectivity index (χ1n) is 5.11. The van der Waals surface area contributed by atoms with Crippen LogP contribution in [0.3, 0.4) is 0 Å². The van der Waals surface area contributed by atoms with Gasteiger partial charge in [0.2, 0.25) is 0 Å². The smallest absolute Gasteiger partial charge is 0.104 e. The molecule has 0 spiro atoms. The van der Waals surface area contributed by atoms with Gasteiger partial charge in [0, 0.05) is 19.1 Å². The summed E-state index contributed by atoms with van der Waals surface area (Å²) in [6.07, 6.45) is 3.06. The Morgan fingerprint density at radius 2 is 2.36 bits per heavy atom. The van der Waals surface area contributed by atoms with Gasteiger partial charge in [-0.3, -0.25) is 9.58 Å². The number of hydrogen-bond acceptors (Lipinski definition) is 2. The summed E-state index contributed by atoms with van der Waals surface area (Å²) in [6, 6.07) is 3.19. The van der Waals surface area contributed by atoms with Crippen molar-refractivity contribution in [3.05, 3.63) is 16.9 Å². The molecular formula is C10H16BrN3. The molecule has 1 aliphatic rings. The molecule has 0 aromatic carbocycles. The Morgan fingerprint density at radius 3 is 2.86 bits per heavy atom. The predicted molar refractivity (Wildman–Crippen MR) is 60.3 cm³/mol. The molecule has 0 bridgehead atoms. The quantitative estimate of drug-likeness (QED) is 0.811. The Bertz CT molecular complexity index is 308. The normalized spacial score (nSPS) is 23.6. The molecule has 2 heterocycles. The van der Waals surface area contributed by atoms with Gasteiger partial charge in [-0.25, -0.2) is 0 Å². The molecule has 0 N–H and O–H groups in total. The fraction of sp³-hybridized carbons (Fsp3) is 0.700. The SMILES string of the molecule is CC(C)N1CCC(n2nccc2Br)C1. The fourth-order valence-corrected chi connectivity index (χ4v) is 2.50.